The summed E-state index contributed by atoms with van der Waals surface area (Å²) in [5.74, 6) is 0.731. The van der Waals surface area contributed by atoms with Gasteiger partial charge in [0.05, 0.1) is 23.2 Å². The lowest BCUT2D eigenvalue weighted by molar-refractivity contribution is -0.117. The minimum atomic E-state index is -0.118. The molecular weight excluding hydrogens is 332 g/mol. The Balaban J connectivity index is 1.98. The zero-order valence-electron chi connectivity index (χ0n) is 14.6. The molecule has 0 bridgehead atoms. The van der Waals surface area contributed by atoms with Crippen LogP contribution in [0.15, 0.2) is 53.5 Å². The van der Waals surface area contributed by atoms with Crippen LogP contribution in [0.1, 0.15) is 25.8 Å². The second-order valence-corrected chi connectivity index (χ2v) is 6.78. The summed E-state index contributed by atoms with van der Waals surface area (Å²) in [7, 11) is 0. The minimum absolute atomic E-state index is 0.118. The fraction of sp³-hybridized carbons (Fsp3) is 0.300. The normalized spacial score (nSPS) is 11.8. The molecular formula is C20H22N2O2S. The molecule has 0 saturated carbocycles. The molecule has 1 aromatic heterocycles. The van der Waals surface area contributed by atoms with Crippen LogP contribution in [0.2, 0.25) is 0 Å². The Kier molecular flexibility index (Phi) is 5.66. The summed E-state index contributed by atoms with van der Waals surface area (Å²) >= 11 is 1.54. The molecule has 0 unspecified atom stereocenters. The van der Waals surface area contributed by atoms with Gasteiger partial charge in [0.25, 0.3) is 5.91 Å². The van der Waals surface area contributed by atoms with E-state index in [0.29, 0.717) is 13.0 Å². The lowest BCUT2D eigenvalue weighted by Crippen LogP contribution is -2.17. The standard InChI is InChI=1S/C20H22N2O2S/c1-3-12-22-17-11-10-16(24-4-2)14-18(17)25-20(22)21-19(23)13-15-8-6-5-7-9-15/h5-11,14H,3-4,12-13H2,1-2H3. The van der Waals surface area contributed by atoms with Gasteiger partial charge in [0.15, 0.2) is 4.80 Å². The first-order valence-corrected chi connectivity index (χ1v) is 9.40. The highest BCUT2D eigenvalue weighted by Crippen LogP contribution is 2.23. The number of ether oxygens (including phenoxy) is 1. The van der Waals surface area contributed by atoms with Gasteiger partial charge >= 0.3 is 0 Å². The van der Waals surface area contributed by atoms with Gasteiger partial charge in [-0.25, -0.2) is 0 Å². The Morgan fingerprint density at radius 3 is 2.68 bits per heavy atom. The van der Waals surface area contributed by atoms with Crippen molar-refractivity contribution in [3.63, 3.8) is 0 Å². The lowest BCUT2D eigenvalue weighted by atomic mass is 10.1. The van der Waals surface area contributed by atoms with Crippen molar-refractivity contribution in [2.24, 2.45) is 4.99 Å². The topological polar surface area (TPSA) is 43.6 Å². The number of fused-ring (bicyclic) bond motifs is 1. The number of amides is 1. The van der Waals surface area contributed by atoms with Crippen molar-refractivity contribution in [2.45, 2.75) is 33.2 Å². The molecule has 0 radical (unpaired) electrons. The van der Waals surface area contributed by atoms with Crippen molar-refractivity contribution in [3.8, 4) is 5.75 Å². The number of benzene rings is 2. The van der Waals surface area contributed by atoms with Crippen molar-refractivity contribution in [2.75, 3.05) is 6.61 Å². The Morgan fingerprint density at radius 2 is 1.96 bits per heavy atom. The molecule has 4 nitrogen and oxygen atoms in total. The molecule has 0 aliphatic heterocycles. The molecule has 3 aromatic rings. The molecule has 0 N–H and O–H groups in total. The predicted octanol–water partition coefficient (Wildman–Crippen LogP) is 4.18. The number of hydrogen-bond acceptors (Lipinski definition) is 3. The maximum atomic E-state index is 12.4. The van der Waals surface area contributed by atoms with E-state index < -0.39 is 0 Å². The molecule has 0 spiro atoms. The second kappa shape index (κ2) is 8.12. The smallest absolute Gasteiger partial charge is 0.252 e. The van der Waals surface area contributed by atoms with Gasteiger partial charge in [-0.15, -0.1) is 0 Å². The van der Waals surface area contributed by atoms with Crippen LogP contribution in [-0.4, -0.2) is 17.1 Å². The maximum absolute atomic E-state index is 12.4. The van der Waals surface area contributed by atoms with Crippen molar-refractivity contribution < 1.29 is 9.53 Å². The van der Waals surface area contributed by atoms with E-state index in [1.165, 1.54) is 11.3 Å². The summed E-state index contributed by atoms with van der Waals surface area (Å²) in [4.78, 5) is 17.5. The van der Waals surface area contributed by atoms with E-state index in [1.54, 1.807) is 0 Å². The van der Waals surface area contributed by atoms with Crippen molar-refractivity contribution in [1.29, 1.82) is 0 Å². The third-order valence-corrected chi connectivity index (χ3v) is 4.87. The van der Waals surface area contributed by atoms with Crippen molar-refractivity contribution in [1.82, 2.24) is 4.57 Å². The summed E-state index contributed by atoms with van der Waals surface area (Å²) in [5, 5.41) is 0. The third-order valence-electron chi connectivity index (χ3n) is 3.83. The highest BCUT2D eigenvalue weighted by atomic mass is 32.1. The number of nitrogens with zero attached hydrogens (tertiary/aromatic N) is 2. The first kappa shape index (κ1) is 17.4. The van der Waals surface area contributed by atoms with Crippen LogP contribution in [0.25, 0.3) is 10.2 Å². The van der Waals surface area contributed by atoms with E-state index in [2.05, 4.69) is 16.5 Å². The second-order valence-electron chi connectivity index (χ2n) is 5.77. The van der Waals surface area contributed by atoms with E-state index >= 15 is 0 Å². The number of thiazole rings is 1. The van der Waals surface area contributed by atoms with E-state index in [4.69, 9.17) is 4.74 Å². The number of aromatic nitrogens is 1. The molecule has 0 saturated heterocycles. The lowest BCUT2D eigenvalue weighted by Gasteiger charge is -2.05. The monoisotopic (exact) mass is 354 g/mol. The van der Waals surface area contributed by atoms with Gasteiger partial charge in [-0.3, -0.25) is 4.79 Å². The minimum Gasteiger partial charge on any atom is -0.494 e. The van der Waals surface area contributed by atoms with Gasteiger partial charge in [0, 0.05) is 6.54 Å². The molecule has 0 fully saturated rings. The van der Waals surface area contributed by atoms with Crippen molar-refractivity contribution >= 4 is 27.5 Å². The van der Waals surface area contributed by atoms with Crippen LogP contribution in [-0.2, 0) is 17.8 Å². The van der Waals surface area contributed by atoms with Crippen LogP contribution in [0.5, 0.6) is 5.75 Å². The van der Waals surface area contributed by atoms with Crippen LogP contribution in [0, 0.1) is 0 Å². The van der Waals surface area contributed by atoms with Gasteiger partial charge in [-0.05, 0) is 37.1 Å². The van der Waals surface area contributed by atoms with Crippen LogP contribution < -0.4 is 9.54 Å². The number of carbonyl (C=O) groups excluding carboxylic acids is 1. The molecule has 130 valence electrons. The predicted molar refractivity (Wildman–Crippen MR) is 102 cm³/mol. The molecule has 0 aliphatic carbocycles. The SMILES string of the molecule is CCCn1c(=NC(=O)Cc2ccccc2)sc2cc(OCC)ccc21. The summed E-state index contributed by atoms with van der Waals surface area (Å²) in [6.07, 6.45) is 1.31. The molecule has 0 atom stereocenters. The largest absolute Gasteiger partial charge is 0.494 e. The number of carbonyl (C=O) groups is 1. The van der Waals surface area contributed by atoms with E-state index in [-0.39, 0.29) is 5.91 Å². The average Bonchev–Trinajstić information content (AvgIpc) is 2.93. The van der Waals surface area contributed by atoms with Gasteiger partial charge in [-0.1, -0.05) is 48.6 Å². The molecule has 0 aliphatic rings. The zero-order chi connectivity index (χ0) is 17.6. The fourth-order valence-corrected chi connectivity index (χ4v) is 3.85. The number of hydrogen-bond donors (Lipinski definition) is 0. The van der Waals surface area contributed by atoms with E-state index in [9.17, 15) is 4.79 Å². The summed E-state index contributed by atoms with van der Waals surface area (Å²) < 4.78 is 8.80. The molecule has 2 aromatic carbocycles. The molecule has 1 heterocycles. The van der Waals surface area contributed by atoms with Crippen molar-refractivity contribution in [3.05, 3.63) is 58.9 Å². The fourth-order valence-electron chi connectivity index (χ4n) is 2.75. The van der Waals surface area contributed by atoms with Crippen LogP contribution >= 0.6 is 11.3 Å². The molecule has 1 amide bonds. The quantitative estimate of drug-likeness (QED) is 0.666. The number of aryl methyl sites for hydroxylation is 1. The zero-order valence-corrected chi connectivity index (χ0v) is 15.4. The Labute approximate surface area is 151 Å². The Morgan fingerprint density at radius 1 is 1.16 bits per heavy atom. The van der Waals surface area contributed by atoms with E-state index in [1.807, 2.05) is 55.5 Å². The molecule has 3 rings (SSSR count). The summed E-state index contributed by atoms with van der Waals surface area (Å²) in [6, 6.07) is 15.8. The van der Waals surface area contributed by atoms with Crippen LogP contribution in [0.4, 0.5) is 0 Å². The van der Waals surface area contributed by atoms with Crippen LogP contribution in [0.3, 0.4) is 0 Å². The first-order chi connectivity index (χ1) is 12.2. The number of rotatable bonds is 6. The first-order valence-electron chi connectivity index (χ1n) is 8.59. The van der Waals surface area contributed by atoms with E-state index in [0.717, 1.165) is 39.3 Å². The maximum Gasteiger partial charge on any atom is 0.252 e. The van der Waals surface area contributed by atoms with Gasteiger partial charge < -0.3 is 9.30 Å². The summed E-state index contributed by atoms with van der Waals surface area (Å²) in [6.45, 7) is 5.57. The molecule has 5 heteroatoms. The third kappa shape index (κ3) is 4.17. The van der Waals surface area contributed by atoms with Gasteiger partial charge in [0.2, 0.25) is 0 Å². The highest BCUT2D eigenvalue weighted by molar-refractivity contribution is 7.16. The Bertz CT molecular complexity index is 926. The highest BCUT2D eigenvalue weighted by Gasteiger charge is 2.09. The summed E-state index contributed by atoms with van der Waals surface area (Å²) in [5.41, 5.74) is 2.08. The van der Waals surface area contributed by atoms with Gasteiger partial charge in [-0.2, -0.15) is 4.99 Å². The average molecular weight is 354 g/mol. The molecule has 25 heavy (non-hydrogen) atoms. The van der Waals surface area contributed by atoms with Gasteiger partial charge in [0.1, 0.15) is 5.75 Å². The Hall–Kier alpha value is -2.40.